The molecular formula is C26H35N5O5. The Kier molecular flexibility index (Phi) is 7.51. The Morgan fingerprint density at radius 2 is 1.94 bits per heavy atom. The van der Waals surface area contributed by atoms with Gasteiger partial charge in [0, 0.05) is 30.8 Å². The van der Waals surface area contributed by atoms with Gasteiger partial charge in [0.05, 0.1) is 27.1 Å². The van der Waals surface area contributed by atoms with E-state index in [1.54, 1.807) is 42.7 Å². The Morgan fingerprint density at radius 1 is 1.19 bits per heavy atom. The van der Waals surface area contributed by atoms with Crippen LogP contribution in [0.1, 0.15) is 72.5 Å². The van der Waals surface area contributed by atoms with Crippen molar-refractivity contribution in [2.45, 2.75) is 70.6 Å². The third-order valence-electron chi connectivity index (χ3n) is 7.13. The predicted molar refractivity (Wildman–Crippen MR) is 133 cm³/mol. The molecule has 0 unspecified atom stereocenters. The average molecular weight is 498 g/mol. The monoisotopic (exact) mass is 497 g/mol. The highest BCUT2D eigenvalue weighted by Gasteiger charge is 2.48. The third kappa shape index (κ3) is 4.76. The van der Waals surface area contributed by atoms with Gasteiger partial charge in [-0.15, -0.1) is 0 Å². The number of amides is 3. The molecule has 194 valence electrons. The zero-order valence-electron chi connectivity index (χ0n) is 21.4. The second kappa shape index (κ2) is 10.6. The molecule has 1 atom stereocenters. The molecule has 1 fully saturated rings. The van der Waals surface area contributed by atoms with Gasteiger partial charge in [-0.2, -0.15) is 0 Å². The molecule has 3 amide bonds. The number of methoxy groups -OCH3 is 2. The van der Waals surface area contributed by atoms with Crippen molar-refractivity contribution >= 4 is 17.7 Å². The zero-order chi connectivity index (χ0) is 25.9. The van der Waals surface area contributed by atoms with E-state index < -0.39 is 11.4 Å². The second-order valence-corrected chi connectivity index (χ2v) is 9.62. The van der Waals surface area contributed by atoms with Crippen LogP contribution in [0.15, 0.2) is 24.5 Å². The van der Waals surface area contributed by atoms with E-state index in [9.17, 15) is 14.4 Å². The molecule has 10 nitrogen and oxygen atoms in total. The maximum absolute atomic E-state index is 13.7. The number of hydrogen-bond donors (Lipinski definition) is 2. The van der Waals surface area contributed by atoms with Crippen LogP contribution in [-0.4, -0.2) is 64.5 Å². The Hall–Kier alpha value is -3.56. The van der Waals surface area contributed by atoms with Crippen molar-refractivity contribution in [1.82, 2.24) is 25.1 Å². The number of nitrogens with zero attached hydrogens (tertiary/aromatic N) is 3. The predicted octanol–water partition coefficient (Wildman–Crippen LogP) is 2.51. The van der Waals surface area contributed by atoms with Gasteiger partial charge in [-0.25, -0.2) is 4.98 Å². The van der Waals surface area contributed by atoms with Crippen LogP contribution in [0.2, 0.25) is 0 Å². The van der Waals surface area contributed by atoms with E-state index in [4.69, 9.17) is 9.47 Å². The molecule has 1 saturated carbocycles. The van der Waals surface area contributed by atoms with Crippen LogP contribution in [0, 0.1) is 0 Å². The van der Waals surface area contributed by atoms with Gasteiger partial charge < -0.3 is 29.6 Å². The van der Waals surface area contributed by atoms with Gasteiger partial charge in [-0.1, -0.05) is 19.8 Å². The van der Waals surface area contributed by atoms with E-state index in [1.165, 1.54) is 6.33 Å². The first-order valence-electron chi connectivity index (χ1n) is 12.5. The number of ether oxygens (including phenoxy) is 2. The van der Waals surface area contributed by atoms with Crippen molar-refractivity contribution in [2.75, 3.05) is 20.8 Å². The highest BCUT2D eigenvalue weighted by molar-refractivity contribution is 6.07. The van der Waals surface area contributed by atoms with Crippen LogP contribution in [0.5, 0.6) is 11.5 Å². The standard InChI is InChI=1S/C26H35N5O5/c1-5-12-31-24(33)22-21(23(32)27-14-17-10-11-19(35-3)13-20(17)36-4)28-16-30(22)15-26(31,2)25(34)29-18-8-6-7-9-18/h10-11,13,16,18H,5-9,12,14-15H2,1-4H3,(H,27,32)(H,29,34)/t26-/m0/s1. The Balaban J connectivity index is 1.55. The maximum atomic E-state index is 13.7. The molecule has 1 aromatic carbocycles. The lowest BCUT2D eigenvalue weighted by atomic mass is 9.93. The summed E-state index contributed by atoms with van der Waals surface area (Å²) in [5.41, 5.74) is -0.0522. The molecule has 0 bridgehead atoms. The van der Waals surface area contributed by atoms with Gasteiger partial charge in [-0.05, 0) is 38.3 Å². The molecule has 36 heavy (non-hydrogen) atoms. The Bertz CT molecular complexity index is 1140. The molecule has 2 heterocycles. The summed E-state index contributed by atoms with van der Waals surface area (Å²) in [7, 11) is 3.12. The second-order valence-electron chi connectivity index (χ2n) is 9.62. The molecule has 4 rings (SSSR count). The minimum absolute atomic E-state index is 0.0480. The molecule has 0 spiro atoms. The van der Waals surface area contributed by atoms with Crippen LogP contribution in [-0.2, 0) is 17.9 Å². The lowest BCUT2D eigenvalue weighted by molar-refractivity contribution is -0.133. The minimum atomic E-state index is -1.06. The van der Waals surface area contributed by atoms with Gasteiger partial charge in [-0.3, -0.25) is 14.4 Å². The number of benzene rings is 1. The quantitative estimate of drug-likeness (QED) is 0.550. The highest BCUT2D eigenvalue weighted by Crippen LogP contribution is 2.30. The number of hydrogen-bond acceptors (Lipinski definition) is 6. The van der Waals surface area contributed by atoms with Gasteiger partial charge >= 0.3 is 0 Å². The van der Waals surface area contributed by atoms with E-state index in [0.717, 1.165) is 31.2 Å². The van der Waals surface area contributed by atoms with Crippen LogP contribution >= 0.6 is 0 Å². The molecular weight excluding hydrogens is 462 g/mol. The summed E-state index contributed by atoms with van der Waals surface area (Å²) in [6.45, 7) is 4.59. The van der Waals surface area contributed by atoms with Crippen molar-refractivity contribution < 1.29 is 23.9 Å². The fraction of sp³-hybridized carbons (Fsp3) is 0.538. The smallest absolute Gasteiger partial charge is 0.273 e. The summed E-state index contributed by atoms with van der Waals surface area (Å²) < 4.78 is 12.3. The zero-order valence-corrected chi connectivity index (χ0v) is 21.4. The molecule has 10 heteroatoms. The molecule has 2 N–H and O–H groups in total. The first-order chi connectivity index (χ1) is 17.3. The maximum Gasteiger partial charge on any atom is 0.273 e. The molecule has 0 saturated heterocycles. The van der Waals surface area contributed by atoms with Gasteiger partial charge in [0.25, 0.3) is 11.8 Å². The minimum Gasteiger partial charge on any atom is -0.497 e. The van der Waals surface area contributed by atoms with Gasteiger partial charge in [0.15, 0.2) is 5.69 Å². The van der Waals surface area contributed by atoms with E-state index in [-0.39, 0.29) is 42.3 Å². The third-order valence-corrected chi connectivity index (χ3v) is 7.13. The van der Waals surface area contributed by atoms with Crippen LogP contribution in [0.25, 0.3) is 0 Å². The Labute approximate surface area is 211 Å². The average Bonchev–Trinajstić information content (AvgIpc) is 3.55. The summed E-state index contributed by atoms with van der Waals surface area (Å²) in [4.78, 5) is 46.0. The normalized spacial score (nSPS) is 19.7. The van der Waals surface area contributed by atoms with E-state index in [0.29, 0.717) is 24.5 Å². The Morgan fingerprint density at radius 3 is 2.61 bits per heavy atom. The number of nitrogens with one attached hydrogen (secondary N) is 2. The van der Waals surface area contributed by atoms with Crippen LogP contribution in [0.3, 0.4) is 0 Å². The van der Waals surface area contributed by atoms with Gasteiger partial charge in [0.1, 0.15) is 22.7 Å². The number of imidazole rings is 1. The summed E-state index contributed by atoms with van der Waals surface area (Å²) in [6, 6.07) is 5.48. The van der Waals surface area contributed by atoms with Crippen molar-refractivity contribution in [3.63, 3.8) is 0 Å². The fourth-order valence-corrected chi connectivity index (χ4v) is 5.10. The lowest BCUT2D eigenvalue weighted by Crippen LogP contribution is -2.65. The SMILES string of the molecule is CCCN1C(=O)c2c(C(=O)NCc3ccc(OC)cc3OC)ncn2C[C@@]1(C)C(=O)NC1CCCC1. The number of carbonyl (C=O) groups is 3. The molecule has 1 aliphatic heterocycles. The lowest BCUT2D eigenvalue weighted by Gasteiger charge is -2.44. The van der Waals surface area contributed by atoms with Crippen LogP contribution < -0.4 is 20.1 Å². The summed E-state index contributed by atoms with van der Waals surface area (Å²) >= 11 is 0. The van der Waals surface area contributed by atoms with E-state index in [2.05, 4.69) is 15.6 Å². The number of aromatic nitrogens is 2. The summed E-state index contributed by atoms with van der Waals surface area (Å²) in [5.74, 6) is 0.234. The van der Waals surface area contributed by atoms with Gasteiger partial charge in [0.2, 0.25) is 5.91 Å². The fourth-order valence-electron chi connectivity index (χ4n) is 5.10. The summed E-state index contributed by atoms with van der Waals surface area (Å²) in [6.07, 6.45) is 6.29. The van der Waals surface area contributed by atoms with Crippen LogP contribution in [0.4, 0.5) is 0 Å². The van der Waals surface area contributed by atoms with E-state index >= 15 is 0 Å². The largest absolute Gasteiger partial charge is 0.497 e. The summed E-state index contributed by atoms with van der Waals surface area (Å²) in [5, 5.41) is 5.99. The molecule has 0 radical (unpaired) electrons. The first kappa shape index (κ1) is 25.5. The highest BCUT2D eigenvalue weighted by atomic mass is 16.5. The number of carbonyl (C=O) groups excluding carboxylic acids is 3. The van der Waals surface area contributed by atoms with Crippen molar-refractivity contribution in [3.05, 3.63) is 41.5 Å². The molecule has 2 aliphatic rings. The topological polar surface area (TPSA) is 115 Å². The van der Waals surface area contributed by atoms with E-state index in [1.807, 2.05) is 13.0 Å². The number of fused-ring (bicyclic) bond motifs is 1. The molecule has 1 aromatic heterocycles. The number of rotatable bonds is 9. The molecule has 1 aliphatic carbocycles. The van der Waals surface area contributed by atoms with Crippen molar-refractivity contribution in [2.24, 2.45) is 0 Å². The first-order valence-corrected chi connectivity index (χ1v) is 12.5. The molecule has 2 aromatic rings. The van der Waals surface area contributed by atoms with Crippen molar-refractivity contribution in [1.29, 1.82) is 0 Å². The van der Waals surface area contributed by atoms with Crippen molar-refractivity contribution in [3.8, 4) is 11.5 Å².